The van der Waals surface area contributed by atoms with E-state index in [0.717, 1.165) is 37.0 Å². The Labute approximate surface area is 170 Å². The van der Waals surface area contributed by atoms with E-state index in [-0.39, 0.29) is 17.3 Å². The predicted molar refractivity (Wildman–Crippen MR) is 108 cm³/mol. The minimum absolute atomic E-state index is 0.314. The Morgan fingerprint density at radius 2 is 1.86 bits per heavy atom. The molecular formula is C24H24FNO3. The number of halogens is 1. The van der Waals surface area contributed by atoms with Gasteiger partial charge in [0.25, 0.3) is 0 Å². The third-order valence-electron chi connectivity index (χ3n) is 5.96. The lowest BCUT2D eigenvalue weighted by atomic mass is 9.77. The van der Waals surface area contributed by atoms with Crippen LogP contribution < -0.4 is 10.1 Å². The summed E-state index contributed by atoms with van der Waals surface area (Å²) >= 11 is 0. The van der Waals surface area contributed by atoms with E-state index in [0.29, 0.717) is 5.56 Å². The number of methoxy groups -OCH3 is 1. The second kappa shape index (κ2) is 7.53. The lowest BCUT2D eigenvalue weighted by molar-refractivity contribution is -0.151. The van der Waals surface area contributed by atoms with Gasteiger partial charge in [0.1, 0.15) is 17.7 Å². The van der Waals surface area contributed by atoms with Crippen LogP contribution in [0.3, 0.4) is 0 Å². The first-order chi connectivity index (χ1) is 13.9. The van der Waals surface area contributed by atoms with Crippen LogP contribution in [0.5, 0.6) is 5.75 Å². The number of hydrogen-bond acceptors (Lipinski definition) is 4. The zero-order valence-corrected chi connectivity index (χ0v) is 16.6. The van der Waals surface area contributed by atoms with Crippen LogP contribution in [0.2, 0.25) is 0 Å². The van der Waals surface area contributed by atoms with Crippen molar-refractivity contribution < 1.29 is 18.7 Å². The molecule has 150 valence electrons. The van der Waals surface area contributed by atoms with E-state index in [2.05, 4.69) is 17.2 Å². The van der Waals surface area contributed by atoms with Crippen molar-refractivity contribution in [2.45, 2.75) is 49.8 Å². The number of nitrogens with one attached hydrogen (secondary N) is 1. The molecule has 2 bridgehead atoms. The number of rotatable bonds is 4. The van der Waals surface area contributed by atoms with Crippen molar-refractivity contribution in [2.75, 3.05) is 7.11 Å². The fraction of sp³-hybridized carbons (Fsp3) is 0.375. The summed E-state index contributed by atoms with van der Waals surface area (Å²) in [5.41, 5.74) is 0.862. The second-order valence-corrected chi connectivity index (χ2v) is 7.89. The molecule has 1 atom stereocenters. The van der Waals surface area contributed by atoms with Crippen molar-refractivity contribution in [3.8, 4) is 17.6 Å². The number of carbonyl (C=O) groups is 1. The maximum absolute atomic E-state index is 13.8. The van der Waals surface area contributed by atoms with Gasteiger partial charge in [-0.05, 0) is 67.6 Å². The van der Waals surface area contributed by atoms with Gasteiger partial charge >= 0.3 is 5.97 Å². The van der Waals surface area contributed by atoms with E-state index >= 15 is 0 Å². The summed E-state index contributed by atoms with van der Waals surface area (Å²) in [5, 5.41) is 3.67. The smallest absolute Gasteiger partial charge is 0.303 e. The minimum atomic E-state index is -0.539. The summed E-state index contributed by atoms with van der Waals surface area (Å²) in [6, 6.07) is 14.0. The van der Waals surface area contributed by atoms with Crippen LogP contribution in [0.1, 0.15) is 49.8 Å². The van der Waals surface area contributed by atoms with Crippen molar-refractivity contribution in [2.24, 2.45) is 0 Å². The molecule has 2 aliphatic heterocycles. The first kappa shape index (κ1) is 19.5. The van der Waals surface area contributed by atoms with E-state index < -0.39 is 11.6 Å². The fourth-order valence-corrected chi connectivity index (χ4v) is 4.54. The molecule has 2 aromatic rings. The van der Waals surface area contributed by atoms with Crippen LogP contribution >= 0.6 is 0 Å². The molecule has 0 amide bonds. The van der Waals surface area contributed by atoms with Gasteiger partial charge in [-0.15, -0.1) is 0 Å². The molecule has 0 unspecified atom stereocenters. The summed E-state index contributed by atoms with van der Waals surface area (Å²) in [6.07, 6.45) is 2.83. The Morgan fingerprint density at radius 1 is 1.14 bits per heavy atom. The number of carbonyl (C=O) groups excluding carboxylic acids is 1. The number of fused-ring (bicyclic) bond motifs is 2. The summed E-state index contributed by atoms with van der Waals surface area (Å²) in [4.78, 5) is 11.8. The molecule has 0 aromatic heterocycles. The van der Waals surface area contributed by atoms with Gasteiger partial charge in [0, 0.05) is 12.5 Å². The molecule has 2 heterocycles. The van der Waals surface area contributed by atoms with Crippen molar-refractivity contribution in [1.29, 1.82) is 0 Å². The predicted octanol–water partition coefficient (Wildman–Crippen LogP) is 4.15. The van der Waals surface area contributed by atoms with Crippen LogP contribution in [0.25, 0.3) is 0 Å². The van der Waals surface area contributed by atoms with Gasteiger partial charge < -0.3 is 9.47 Å². The van der Waals surface area contributed by atoms with E-state index in [4.69, 9.17) is 9.47 Å². The average molecular weight is 393 g/mol. The number of esters is 1. The highest BCUT2D eigenvalue weighted by atomic mass is 19.1. The van der Waals surface area contributed by atoms with Crippen LogP contribution in [0.4, 0.5) is 4.39 Å². The molecule has 0 radical (unpaired) electrons. The Bertz CT molecular complexity index is 966. The van der Waals surface area contributed by atoms with Gasteiger partial charge in [0.2, 0.25) is 0 Å². The summed E-state index contributed by atoms with van der Waals surface area (Å²) in [5.74, 6) is 6.78. The van der Waals surface area contributed by atoms with Crippen LogP contribution in [0.15, 0.2) is 48.5 Å². The van der Waals surface area contributed by atoms with Gasteiger partial charge in [-0.25, -0.2) is 4.39 Å². The van der Waals surface area contributed by atoms with Crippen LogP contribution in [-0.2, 0) is 9.53 Å². The van der Waals surface area contributed by atoms with Gasteiger partial charge in [0.15, 0.2) is 0 Å². The number of hydrogen-bond donors (Lipinski definition) is 1. The second-order valence-electron chi connectivity index (χ2n) is 7.89. The Hall–Kier alpha value is -2.84. The van der Waals surface area contributed by atoms with Crippen LogP contribution in [0, 0.1) is 17.7 Å². The highest BCUT2D eigenvalue weighted by molar-refractivity contribution is 5.66. The van der Waals surface area contributed by atoms with Crippen LogP contribution in [-0.4, -0.2) is 24.2 Å². The largest absolute Gasteiger partial charge is 0.497 e. The van der Waals surface area contributed by atoms with E-state index in [1.165, 1.54) is 19.1 Å². The molecule has 2 aliphatic rings. The molecule has 0 saturated carbocycles. The minimum Gasteiger partial charge on any atom is -0.497 e. The molecule has 0 aliphatic carbocycles. The molecular weight excluding hydrogens is 369 g/mol. The molecule has 29 heavy (non-hydrogen) atoms. The zero-order valence-electron chi connectivity index (χ0n) is 16.6. The fourth-order valence-electron chi connectivity index (χ4n) is 4.54. The SMILES string of the molecule is COc1ccc(C#CC23CCC([C@H](OC(C)=O)c4cccc(F)c4)(CC2)N3)cc1. The maximum atomic E-state index is 13.8. The molecule has 2 aromatic carbocycles. The Kier molecular flexibility index (Phi) is 5.06. The standard InChI is InChI=1S/C24H24FNO3/c1-17(27)29-22(19-4-3-5-20(25)16-19)24-14-12-23(26-24,13-15-24)11-10-18-6-8-21(28-2)9-7-18/h3-9,16,22,26H,12-15H2,1-2H3/t22-,23?,24?/m1/s1. The van der Waals surface area contributed by atoms with Crippen molar-refractivity contribution in [3.05, 3.63) is 65.5 Å². The first-order valence-electron chi connectivity index (χ1n) is 9.83. The summed E-state index contributed by atoms with van der Waals surface area (Å²) in [7, 11) is 1.64. The first-order valence-corrected chi connectivity index (χ1v) is 9.83. The highest BCUT2D eigenvalue weighted by Crippen LogP contribution is 2.51. The van der Waals surface area contributed by atoms with E-state index in [9.17, 15) is 9.18 Å². The lowest BCUT2D eigenvalue weighted by Crippen LogP contribution is -2.47. The molecule has 1 N–H and O–H groups in total. The third kappa shape index (κ3) is 3.86. The quantitative estimate of drug-likeness (QED) is 0.626. The number of benzene rings is 2. The Balaban J connectivity index is 1.60. The summed E-state index contributed by atoms with van der Waals surface area (Å²) in [6.45, 7) is 1.39. The van der Waals surface area contributed by atoms with Gasteiger partial charge in [-0.3, -0.25) is 10.1 Å². The Morgan fingerprint density at radius 3 is 2.48 bits per heavy atom. The highest BCUT2D eigenvalue weighted by Gasteiger charge is 2.58. The summed E-state index contributed by atoms with van der Waals surface area (Å²) < 4.78 is 24.7. The van der Waals surface area contributed by atoms with Crippen molar-refractivity contribution in [1.82, 2.24) is 5.32 Å². The maximum Gasteiger partial charge on any atom is 0.303 e. The molecule has 2 saturated heterocycles. The molecule has 5 heteroatoms. The van der Waals surface area contributed by atoms with Gasteiger partial charge in [-0.1, -0.05) is 24.0 Å². The molecule has 4 nitrogen and oxygen atoms in total. The normalized spacial score (nSPS) is 25.8. The zero-order chi connectivity index (χ0) is 20.5. The van der Waals surface area contributed by atoms with Gasteiger partial charge in [0.05, 0.1) is 18.2 Å². The topological polar surface area (TPSA) is 47.6 Å². The van der Waals surface area contributed by atoms with Crippen molar-refractivity contribution >= 4 is 5.97 Å². The van der Waals surface area contributed by atoms with E-state index in [1.54, 1.807) is 13.2 Å². The van der Waals surface area contributed by atoms with E-state index in [1.807, 2.05) is 30.3 Å². The lowest BCUT2D eigenvalue weighted by Gasteiger charge is -2.35. The molecule has 2 fully saturated rings. The molecule has 0 spiro atoms. The molecule has 4 rings (SSSR count). The van der Waals surface area contributed by atoms with Gasteiger partial charge in [-0.2, -0.15) is 0 Å². The van der Waals surface area contributed by atoms with Crippen molar-refractivity contribution in [3.63, 3.8) is 0 Å². The number of ether oxygens (including phenoxy) is 2. The average Bonchev–Trinajstić information content (AvgIpc) is 3.28. The monoisotopic (exact) mass is 393 g/mol. The third-order valence-corrected chi connectivity index (χ3v) is 5.96.